The summed E-state index contributed by atoms with van der Waals surface area (Å²) in [4.78, 5) is 11.4. The lowest BCUT2D eigenvalue weighted by Crippen LogP contribution is -2.23. The van der Waals surface area contributed by atoms with Gasteiger partial charge in [-0.3, -0.25) is 0 Å². The highest BCUT2D eigenvalue weighted by atomic mass is 32.4. The summed E-state index contributed by atoms with van der Waals surface area (Å²) >= 11 is 5.39. The molecule has 0 aromatic carbocycles. The van der Waals surface area contributed by atoms with E-state index in [9.17, 15) is 4.79 Å². The number of ether oxygens (including phenoxy) is 1. The molecule has 0 aromatic heterocycles. The Hall–Kier alpha value is -0.420. The summed E-state index contributed by atoms with van der Waals surface area (Å²) in [6.45, 7) is 8.28. The summed E-state index contributed by atoms with van der Waals surface area (Å²) in [7, 11) is 0. The number of esters is 1. The van der Waals surface area contributed by atoms with Crippen molar-refractivity contribution in [3.05, 3.63) is 11.8 Å². The van der Waals surface area contributed by atoms with Gasteiger partial charge in [0.05, 0.1) is 12.2 Å². The van der Waals surface area contributed by atoms with Gasteiger partial charge in [0, 0.05) is 13.1 Å². The Morgan fingerprint density at radius 1 is 1.33 bits per heavy atom. The van der Waals surface area contributed by atoms with Gasteiger partial charge in [0.15, 0.2) is 0 Å². The van der Waals surface area contributed by atoms with Crippen molar-refractivity contribution in [2.24, 2.45) is 0 Å². The van der Waals surface area contributed by atoms with E-state index in [0.717, 1.165) is 0 Å². The minimum absolute atomic E-state index is 0.146. The van der Waals surface area contributed by atoms with Crippen LogP contribution < -0.4 is 10.2 Å². The molecule has 0 aromatic rings. The van der Waals surface area contributed by atoms with E-state index in [4.69, 9.17) is 21.1 Å². The summed E-state index contributed by atoms with van der Waals surface area (Å²) in [5, 5.41) is 6.21. The smallest absolute Gasteiger partial charge is 0.334 e. The Kier molecular flexibility index (Phi) is 8.44. The van der Waals surface area contributed by atoms with E-state index in [0.29, 0.717) is 18.8 Å². The van der Waals surface area contributed by atoms with Gasteiger partial charge < -0.3 is 9.26 Å². The molecule has 0 atom stereocenters. The van der Waals surface area contributed by atoms with Crippen LogP contribution in [0.3, 0.4) is 0 Å². The van der Waals surface area contributed by atoms with E-state index in [1.54, 1.807) is 20.8 Å². The summed E-state index contributed by atoms with van der Waals surface area (Å²) < 4.78 is 10.6. The Labute approximate surface area is 115 Å². The molecule has 0 aliphatic heterocycles. The molecule has 0 fully saturated rings. The van der Waals surface area contributed by atoms with Crippen LogP contribution in [-0.4, -0.2) is 25.2 Å². The summed E-state index contributed by atoms with van der Waals surface area (Å²) in [6, 6.07) is 0. The number of rotatable bonds is 8. The van der Waals surface area contributed by atoms with Crippen molar-refractivity contribution in [1.29, 1.82) is 0 Å². The highest BCUT2D eigenvalue weighted by molar-refractivity contribution is 8.10. The van der Waals surface area contributed by atoms with Crippen LogP contribution in [0.1, 0.15) is 34.6 Å². The van der Waals surface area contributed by atoms with Crippen molar-refractivity contribution in [3.8, 4) is 0 Å². The SMILES string of the molecule is CCNP(=S)(NCC)O/C(C)=C/C(=O)OC(C)C. The van der Waals surface area contributed by atoms with E-state index in [1.165, 1.54) is 6.08 Å². The molecule has 106 valence electrons. The topological polar surface area (TPSA) is 59.6 Å². The van der Waals surface area contributed by atoms with Gasteiger partial charge in [0.25, 0.3) is 0 Å². The number of nitrogens with one attached hydrogen (secondary N) is 2. The van der Waals surface area contributed by atoms with Gasteiger partial charge in [0.2, 0.25) is 6.57 Å². The minimum Gasteiger partial charge on any atom is -0.460 e. The summed E-state index contributed by atoms with van der Waals surface area (Å²) in [5.41, 5.74) is 0. The van der Waals surface area contributed by atoms with Crippen molar-refractivity contribution in [2.45, 2.75) is 40.7 Å². The lowest BCUT2D eigenvalue weighted by Gasteiger charge is -2.24. The first-order chi connectivity index (χ1) is 8.33. The van der Waals surface area contributed by atoms with Crippen molar-refractivity contribution < 1.29 is 14.1 Å². The molecule has 0 rings (SSSR count). The average Bonchev–Trinajstić information content (AvgIpc) is 2.14. The second-order valence-electron chi connectivity index (χ2n) is 3.91. The molecule has 18 heavy (non-hydrogen) atoms. The van der Waals surface area contributed by atoms with Crippen LogP contribution in [0.5, 0.6) is 0 Å². The fourth-order valence-corrected chi connectivity index (χ4v) is 3.86. The molecule has 0 unspecified atom stereocenters. The third kappa shape index (κ3) is 7.82. The molecule has 0 amide bonds. The molecule has 0 heterocycles. The third-order valence-electron chi connectivity index (χ3n) is 1.68. The minimum atomic E-state index is -2.31. The van der Waals surface area contributed by atoms with Crippen LogP contribution in [0, 0.1) is 0 Å². The second kappa shape index (κ2) is 8.64. The molecule has 0 radical (unpaired) electrons. The summed E-state index contributed by atoms with van der Waals surface area (Å²) in [6.07, 6.45) is 1.17. The standard InChI is InChI=1S/C11H23N2O3PS/c1-6-12-17(18,13-7-2)16-10(5)8-11(14)15-9(3)4/h8-9H,6-7H2,1-5H3,(H2,12,13,18)/b10-8+. The van der Waals surface area contributed by atoms with E-state index in [1.807, 2.05) is 13.8 Å². The lowest BCUT2D eigenvalue weighted by atomic mass is 10.4. The largest absolute Gasteiger partial charge is 0.460 e. The van der Waals surface area contributed by atoms with Crippen LogP contribution in [-0.2, 0) is 25.9 Å². The van der Waals surface area contributed by atoms with E-state index >= 15 is 0 Å². The van der Waals surface area contributed by atoms with Gasteiger partial charge in [-0.15, -0.1) is 0 Å². The zero-order chi connectivity index (χ0) is 14.2. The van der Waals surface area contributed by atoms with Crippen LogP contribution in [0.25, 0.3) is 0 Å². The molecule has 0 aliphatic rings. The normalized spacial score (nSPS) is 12.7. The van der Waals surface area contributed by atoms with E-state index < -0.39 is 12.5 Å². The second-order valence-corrected chi connectivity index (χ2v) is 7.37. The van der Waals surface area contributed by atoms with Crippen molar-refractivity contribution in [1.82, 2.24) is 10.2 Å². The van der Waals surface area contributed by atoms with Crippen LogP contribution >= 0.6 is 6.57 Å². The molecule has 0 saturated carbocycles. The predicted octanol–water partition coefficient (Wildman–Crippen LogP) is 2.30. The van der Waals surface area contributed by atoms with Crippen LogP contribution in [0.4, 0.5) is 0 Å². The van der Waals surface area contributed by atoms with Gasteiger partial charge in [0.1, 0.15) is 5.76 Å². The average molecular weight is 294 g/mol. The maximum atomic E-state index is 11.4. The van der Waals surface area contributed by atoms with Gasteiger partial charge in [-0.2, -0.15) is 0 Å². The quantitative estimate of drug-likeness (QED) is 0.310. The van der Waals surface area contributed by atoms with Gasteiger partial charge in [-0.25, -0.2) is 15.0 Å². The van der Waals surface area contributed by atoms with Crippen molar-refractivity contribution in [2.75, 3.05) is 13.1 Å². The van der Waals surface area contributed by atoms with E-state index in [-0.39, 0.29) is 6.10 Å². The first kappa shape index (κ1) is 17.6. The van der Waals surface area contributed by atoms with Crippen LogP contribution in [0.15, 0.2) is 11.8 Å². The molecule has 0 spiro atoms. The maximum absolute atomic E-state index is 11.4. The fourth-order valence-electron chi connectivity index (χ4n) is 1.20. The van der Waals surface area contributed by atoms with Gasteiger partial charge >= 0.3 is 5.97 Å². The monoisotopic (exact) mass is 294 g/mol. The highest BCUT2D eigenvalue weighted by Crippen LogP contribution is 2.39. The molecule has 0 saturated heterocycles. The molecular formula is C11H23N2O3PS. The first-order valence-corrected chi connectivity index (χ1v) is 8.73. The first-order valence-electron chi connectivity index (χ1n) is 6.01. The zero-order valence-corrected chi connectivity index (χ0v) is 13.4. The number of carbonyl (C=O) groups is 1. The van der Waals surface area contributed by atoms with Crippen molar-refractivity contribution in [3.63, 3.8) is 0 Å². The molecular weight excluding hydrogens is 271 g/mol. The predicted molar refractivity (Wildman–Crippen MR) is 77.7 cm³/mol. The number of hydrogen-bond acceptors (Lipinski definition) is 4. The highest BCUT2D eigenvalue weighted by Gasteiger charge is 2.17. The summed E-state index contributed by atoms with van der Waals surface area (Å²) in [5.74, 6) is 0.0305. The maximum Gasteiger partial charge on any atom is 0.334 e. The molecule has 2 N–H and O–H groups in total. The van der Waals surface area contributed by atoms with Gasteiger partial charge in [-0.05, 0) is 32.6 Å². The fraction of sp³-hybridized carbons (Fsp3) is 0.727. The Balaban J connectivity index is 4.59. The van der Waals surface area contributed by atoms with Gasteiger partial charge in [-0.1, -0.05) is 13.8 Å². The van der Waals surface area contributed by atoms with Crippen LogP contribution in [0.2, 0.25) is 0 Å². The third-order valence-corrected chi connectivity index (χ3v) is 4.69. The number of allylic oxidation sites excluding steroid dienone is 1. The van der Waals surface area contributed by atoms with E-state index in [2.05, 4.69) is 10.2 Å². The van der Waals surface area contributed by atoms with Crippen molar-refractivity contribution >= 4 is 24.3 Å². The molecule has 5 nitrogen and oxygen atoms in total. The molecule has 0 aliphatic carbocycles. The Bertz CT molecular complexity index is 335. The Morgan fingerprint density at radius 3 is 2.22 bits per heavy atom. The number of carbonyl (C=O) groups excluding carboxylic acids is 1. The molecule has 7 heteroatoms. The number of hydrogen-bond donors (Lipinski definition) is 2. The zero-order valence-electron chi connectivity index (χ0n) is 11.6. The Morgan fingerprint density at radius 2 is 1.83 bits per heavy atom. The lowest BCUT2D eigenvalue weighted by molar-refractivity contribution is -0.141. The molecule has 0 bridgehead atoms.